The van der Waals surface area contributed by atoms with Crippen molar-refractivity contribution in [3.63, 3.8) is 0 Å². The number of carbonyl (C=O) groups excluding carboxylic acids is 1. The van der Waals surface area contributed by atoms with Crippen LogP contribution in [0.1, 0.15) is 24.2 Å². The number of carbonyl (C=O) groups is 1. The summed E-state index contributed by atoms with van der Waals surface area (Å²) in [5.74, 6) is -0.470. The second kappa shape index (κ2) is 8.04. The van der Waals surface area contributed by atoms with Gasteiger partial charge >= 0.3 is 0 Å². The third-order valence-corrected chi connectivity index (χ3v) is 8.32. The van der Waals surface area contributed by atoms with Crippen LogP contribution in [0.15, 0.2) is 52.3 Å². The number of hydrogen-bond acceptors (Lipinski definition) is 7. The molecule has 1 aromatic heterocycles. The summed E-state index contributed by atoms with van der Waals surface area (Å²) in [5, 5.41) is 8.04. The summed E-state index contributed by atoms with van der Waals surface area (Å²) in [5.41, 5.74) is 0.770. The summed E-state index contributed by atoms with van der Waals surface area (Å²) in [4.78, 5) is 16.8. The molecule has 2 aromatic carbocycles. The van der Waals surface area contributed by atoms with E-state index in [1.807, 2.05) is 0 Å². The molecule has 0 radical (unpaired) electrons. The second-order valence-corrected chi connectivity index (χ2v) is 11.4. The summed E-state index contributed by atoms with van der Waals surface area (Å²) < 4.78 is 49.8. The zero-order valence-electron chi connectivity index (χ0n) is 16.4. The lowest BCUT2D eigenvalue weighted by Gasteiger charge is -2.20. The number of hydrogen-bond donors (Lipinski definition) is 2. The van der Waals surface area contributed by atoms with Crippen LogP contribution in [-0.4, -0.2) is 45.1 Å². The largest absolute Gasteiger partial charge is 0.298 e. The minimum Gasteiger partial charge on any atom is -0.298 e. The van der Waals surface area contributed by atoms with Gasteiger partial charge < -0.3 is 0 Å². The molecule has 0 bridgehead atoms. The van der Waals surface area contributed by atoms with Gasteiger partial charge in [0.25, 0.3) is 5.91 Å². The van der Waals surface area contributed by atoms with Gasteiger partial charge in [0.05, 0.1) is 20.0 Å². The predicted octanol–water partition coefficient (Wildman–Crippen LogP) is 2.22. The summed E-state index contributed by atoms with van der Waals surface area (Å²) >= 11 is 1.10. The highest BCUT2D eigenvalue weighted by Crippen LogP contribution is 2.28. The zero-order chi connectivity index (χ0) is 22.3. The maximum atomic E-state index is 12.5. The maximum absolute atomic E-state index is 12.5. The molecular formula is C18H20N4O5S3. The minimum atomic E-state index is -3.84. The fourth-order valence-electron chi connectivity index (χ4n) is 2.53. The number of fused-ring (bicyclic) bond motifs is 1. The van der Waals surface area contributed by atoms with Crippen molar-refractivity contribution in [1.82, 2.24) is 9.29 Å². The van der Waals surface area contributed by atoms with Gasteiger partial charge in [0.1, 0.15) is 0 Å². The molecule has 1 amide bonds. The van der Waals surface area contributed by atoms with E-state index >= 15 is 0 Å². The van der Waals surface area contributed by atoms with E-state index in [4.69, 9.17) is 5.14 Å². The number of nitrogens with one attached hydrogen (secondary N) is 1. The maximum Gasteiger partial charge on any atom is 0.257 e. The average Bonchev–Trinajstić information content (AvgIpc) is 3.08. The Balaban J connectivity index is 1.81. The summed E-state index contributed by atoms with van der Waals surface area (Å²) in [6.45, 7) is 3.53. The van der Waals surface area contributed by atoms with E-state index in [-0.39, 0.29) is 26.5 Å². The minimum absolute atomic E-state index is 0.0420. The van der Waals surface area contributed by atoms with Gasteiger partial charge in [0, 0.05) is 18.7 Å². The van der Waals surface area contributed by atoms with Gasteiger partial charge in [0.2, 0.25) is 20.0 Å². The summed E-state index contributed by atoms with van der Waals surface area (Å²) in [6.07, 6.45) is 0. The normalized spacial score (nSPS) is 12.6. The highest BCUT2D eigenvalue weighted by atomic mass is 32.2. The molecule has 0 unspecified atom stereocenters. The van der Waals surface area contributed by atoms with Crippen molar-refractivity contribution in [2.45, 2.75) is 29.7 Å². The molecular weight excluding hydrogens is 448 g/mol. The number of aromatic nitrogens is 1. The average molecular weight is 469 g/mol. The van der Waals surface area contributed by atoms with Crippen molar-refractivity contribution >= 4 is 52.6 Å². The lowest BCUT2D eigenvalue weighted by molar-refractivity contribution is 0.102. The van der Waals surface area contributed by atoms with Gasteiger partial charge in [-0.2, -0.15) is 4.31 Å². The molecule has 0 saturated heterocycles. The Kier molecular flexibility index (Phi) is 5.98. The monoisotopic (exact) mass is 468 g/mol. The molecule has 12 heteroatoms. The second-order valence-electron chi connectivity index (χ2n) is 6.79. The van der Waals surface area contributed by atoms with Gasteiger partial charge in [-0.1, -0.05) is 11.3 Å². The van der Waals surface area contributed by atoms with Crippen LogP contribution < -0.4 is 10.5 Å². The highest BCUT2D eigenvalue weighted by molar-refractivity contribution is 7.89. The Bertz CT molecular complexity index is 1310. The van der Waals surface area contributed by atoms with Crippen molar-refractivity contribution in [2.24, 2.45) is 5.14 Å². The van der Waals surface area contributed by atoms with Crippen LogP contribution in [0, 0.1) is 0 Å². The zero-order valence-corrected chi connectivity index (χ0v) is 18.8. The number of rotatable bonds is 6. The van der Waals surface area contributed by atoms with Crippen molar-refractivity contribution < 1.29 is 21.6 Å². The molecule has 160 valence electrons. The fourth-order valence-corrected chi connectivity index (χ4v) is 5.41. The van der Waals surface area contributed by atoms with Gasteiger partial charge in [-0.3, -0.25) is 10.1 Å². The van der Waals surface area contributed by atoms with Crippen LogP contribution in [0.5, 0.6) is 0 Å². The number of sulfonamides is 2. The lowest BCUT2D eigenvalue weighted by atomic mass is 10.2. The molecule has 30 heavy (non-hydrogen) atoms. The van der Waals surface area contributed by atoms with Crippen LogP contribution in [0.4, 0.5) is 5.13 Å². The van der Waals surface area contributed by atoms with E-state index in [0.717, 1.165) is 11.3 Å². The molecule has 0 saturated carbocycles. The standard InChI is InChI=1S/C18H20N4O5S3/c1-11(2)22(3)30(26,27)13-6-4-12(5-7-13)17(23)21-18-20-15-9-8-14(29(19,24)25)10-16(15)28-18/h4-11H,1-3H3,(H2,19,24,25)(H,20,21,23). The van der Waals surface area contributed by atoms with Gasteiger partial charge in [-0.15, -0.1) is 0 Å². The fraction of sp³-hybridized carbons (Fsp3) is 0.222. The number of nitrogens with two attached hydrogens (primary N) is 1. The molecule has 0 atom stereocenters. The molecule has 9 nitrogen and oxygen atoms in total. The van der Waals surface area contributed by atoms with E-state index in [2.05, 4.69) is 10.3 Å². The van der Waals surface area contributed by atoms with Crippen LogP contribution >= 0.6 is 11.3 Å². The number of nitrogens with zero attached hydrogens (tertiary/aromatic N) is 2. The highest BCUT2D eigenvalue weighted by Gasteiger charge is 2.23. The molecule has 0 aliphatic rings. The van der Waals surface area contributed by atoms with Crippen LogP contribution in [0.2, 0.25) is 0 Å². The van der Waals surface area contributed by atoms with E-state index in [9.17, 15) is 21.6 Å². The Morgan fingerprint density at radius 2 is 1.67 bits per heavy atom. The number of anilines is 1. The third kappa shape index (κ3) is 4.52. The Hall–Kier alpha value is -2.38. The number of benzene rings is 2. The van der Waals surface area contributed by atoms with Gasteiger partial charge in [-0.05, 0) is 56.3 Å². The Labute approximate surface area is 178 Å². The van der Waals surface area contributed by atoms with Crippen LogP contribution in [0.25, 0.3) is 10.2 Å². The number of amides is 1. The Morgan fingerprint density at radius 3 is 2.23 bits per heavy atom. The molecule has 3 N–H and O–H groups in total. The van der Waals surface area contributed by atoms with E-state index < -0.39 is 26.0 Å². The Morgan fingerprint density at radius 1 is 1.07 bits per heavy atom. The first-order chi connectivity index (χ1) is 13.9. The first-order valence-corrected chi connectivity index (χ1v) is 12.5. The number of primary sulfonamides is 1. The molecule has 0 aliphatic heterocycles. The van der Waals surface area contributed by atoms with Crippen molar-refractivity contribution in [1.29, 1.82) is 0 Å². The quantitative estimate of drug-likeness (QED) is 0.569. The molecule has 1 heterocycles. The predicted molar refractivity (Wildman–Crippen MR) is 115 cm³/mol. The number of thiazole rings is 1. The molecule has 3 aromatic rings. The van der Waals surface area contributed by atoms with Crippen LogP contribution in [0.3, 0.4) is 0 Å². The van der Waals surface area contributed by atoms with Crippen LogP contribution in [-0.2, 0) is 20.0 Å². The summed E-state index contributed by atoms with van der Waals surface area (Å²) in [6, 6.07) is 9.63. The first kappa shape index (κ1) is 22.3. The van der Waals surface area contributed by atoms with E-state index in [1.54, 1.807) is 13.8 Å². The van der Waals surface area contributed by atoms with Crippen molar-refractivity contribution in [2.75, 3.05) is 12.4 Å². The molecule has 0 spiro atoms. The summed E-state index contributed by atoms with van der Waals surface area (Å²) in [7, 11) is -5.99. The van der Waals surface area contributed by atoms with Gasteiger partial charge in [-0.25, -0.2) is 27.0 Å². The van der Waals surface area contributed by atoms with E-state index in [0.29, 0.717) is 10.2 Å². The third-order valence-electron chi connectivity index (χ3n) is 4.43. The SMILES string of the molecule is CC(C)N(C)S(=O)(=O)c1ccc(C(=O)Nc2nc3ccc(S(N)(=O)=O)cc3s2)cc1. The molecule has 0 fully saturated rings. The first-order valence-electron chi connectivity index (χ1n) is 8.72. The molecule has 0 aliphatic carbocycles. The van der Waals surface area contributed by atoms with Crippen molar-refractivity contribution in [3.05, 3.63) is 48.0 Å². The van der Waals surface area contributed by atoms with Gasteiger partial charge in [0.15, 0.2) is 5.13 Å². The topological polar surface area (TPSA) is 140 Å². The van der Waals surface area contributed by atoms with Crippen molar-refractivity contribution in [3.8, 4) is 0 Å². The van der Waals surface area contributed by atoms with E-state index in [1.165, 1.54) is 53.8 Å². The smallest absolute Gasteiger partial charge is 0.257 e. The lowest BCUT2D eigenvalue weighted by Crippen LogP contribution is -2.33. The molecule has 3 rings (SSSR count).